The lowest BCUT2D eigenvalue weighted by atomic mass is 9.99. The molecule has 0 aromatic heterocycles. The quantitative estimate of drug-likeness (QED) is 0.239. The Kier molecular flexibility index (Phi) is 8.22. The molecule has 0 saturated heterocycles. The molecule has 0 atom stereocenters. The molecule has 5 nitrogen and oxygen atoms in total. The molecule has 1 amide bonds. The lowest BCUT2D eigenvalue weighted by Gasteiger charge is -2.26. The zero-order chi connectivity index (χ0) is 29.0. The molecule has 6 heteroatoms. The minimum absolute atomic E-state index is 0.0990. The molecule has 0 spiro atoms. The smallest absolute Gasteiger partial charge is 0.266 e. The summed E-state index contributed by atoms with van der Waals surface area (Å²) in [6.45, 7) is 5.97. The molecule has 1 heterocycles. The Balaban J connectivity index is 1.82. The fraction of sp³-hybridized carbons (Fsp3) is 0.143. The first-order chi connectivity index (χ1) is 19.7. The van der Waals surface area contributed by atoms with Crippen LogP contribution in [0.4, 0.5) is 5.69 Å². The number of hydrogen-bond donors (Lipinski definition) is 1. The van der Waals surface area contributed by atoms with Crippen LogP contribution in [0.5, 0.6) is 5.75 Å². The summed E-state index contributed by atoms with van der Waals surface area (Å²) in [5.41, 5.74) is 3.68. The molecule has 0 bridgehead atoms. The lowest BCUT2D eigenvalue weighted by Crippen LogP contribution is -2.34. The van der Waals surface area contributed by atoms with Gasteiger partial charge in [-0.15, -0.1) is 0 Å². The third-order valence-corrected chi connectivity index (χ3v) is 6.93. The largest absolute Gasteiger partial charge is 0.507 e. The number of amides is 1. The molecule has 1 N–H and O–H groups in total. The number of halogens is 1. The van der Waals surface area contributed by atoms with Crippen LogP contribution < -0.4 is 4.90 Å². The second kappa shape index (κ2) is 12.0. The van der Waals surface area contributed by atoms with E-state index in [9.17, 15) is 9.90 Å². The standard InChI is InChI=1S/C35H31BrN2O3/c1-35(2,3)37-33-32(38(27-20-18-26(36)19-21-27)34(40)28-16-10-11-17-30(28)39)29(22-24-12-6-4-7-13-24)31(41-33)23-25-14-8-5-9-15-25/h4-21,23,39H,22H2,1-3H3/b31-23-,37-33?. The molecular weight excluding hydrogens is 576 g/mol. The number of hydrogen-bond acceptors (Lipinski definition) is 4. The third kappa shape index (κ3) is 6.67. The van der Waals surface area contributed by atoms with E-state index in [4.69, 9.17) is 9.73 Å². The molecule has 0 saturated carbocycles. The molecule has 5 rings (SSSR count). The number of carbonyl (C=O) groups excluding carboxylic acids is 1. The summed E-state index contributed by atoms with van der Waals surface area (Å²) < 4.78 is 7.43. The molecule has 206 valence electrons. The number of anilines is 1. The van der Waals surface area contributed by atoms with Crippen molar-refractivity contribution in [2.75, 3.05) is 4.90 Å². The van der Waals surface area contributed by atoms with Crippen molar-refractivity contribution in [2.24, 2.45) is 4.99 Å². The average molecular weight is 608 g/mol. The topological polar surface area (TPSA) is 62.1 Å². The van der Waals surface area contributed by atoms with Gasteiger partial charge < -0.3 is 9.84 Å². The van der Waals surface area contributed by atoms with Gasteiger partial charge in [-0.05, 0) is 74.4 Å². The summed E-state index contributed by atoms with van der Waals surface area (Å²) in [5.74, 6) is 0.470. The number of phenolic OH excluding ortho intramolecular Hbond substituents is 1. The van der Waals surface area contributed by atoms with E-state index in [0.717, 1.165) is 21.2 Å². The van der Waals surface area contributed by atoms with Crippen molar-refractivity contribution in [1.82, 2.24) is 0 Å². The van der Waals surface area contributed by atoms with Crippen LogP contribution in [0.2, 0.25) is 0 Å². The molecular formula is C35H31BrN2O3. The van der Waals surface area contributed by atoms with E-state index in [-0.39, 0.29) is 11.3 Å². The van der Waals surface area contributed by atoms with Crippen molar-refractivity contribution in [3.8, 4) is 5.75 Å². The van der Waals surface area contributed by atoms with Crippen LogP contribution in [-0.4, -0.2) is 22.5 Å². The molecule has 1 aliphatic heterocycles. The predicted octanol–water partition coefficient (Wildman–Crippen LogP) is 8.57. The van der Waals surface area contributed by atoms with Crippen LogP contribution in [0.3, 0.4) is 0 Å². The van der Waals surface area contributed by atoms with Gasteiger partial charge in [-0.3, -0.25) is 9.69 Å². The molecule has 0 radical (unpaired) electrons. The Hall–Kier alpha value is -4.42. The van der Waals surface area contributed by atoms with Crippen molar-refractivity contribution in [3.63, 3.8) is 0 Å². The van der Waals surface area contributed by atoms with Crippen molar-refractivity contribution in [3.05, 3.63) is 147 Å². The van der Waals surface area contributed by atoms with Crippen molar-refractivity contribution >= 4 is 39.5 Å². The highest BCUT2D eigenvalue weighted by Gasteiger charge is 2.38. The number of para-hydroxylation sites is 1. The number of benzene rings is 4. The minimum Gasteiger partial charge on any atom is -0.507 e. The van der Waals surface area contributed by atoms with E-state index in [1.54, 1.807) is 23.1 Å². The van der Waals surface area contributed by atoms with Crippen LogP contribution in [0.25, 0.3) is 6.08 Å². The summed E-state index contributed by atoms with van der Waals surface area (Å²) in [5, 5.41) is 10.7. The van der Waals surface area contributed by atoms with E-state index in [1.807, 2.05) is 99.6 Å². The number of allylic oxidation sites excluding steroid dienone is 1. The Bertz CT molecular complexity index is 1630. The average Bonchev–Trinajstić information content (AvgIpc) is 3.25. The van der Waals surface area contributed by atoms with Gasteiger partial charge in [0.15, 0.2) is 0 Å². The molecule has 4 aromatic carbocycles. The first-order valence-electron chi connectivity index (χ1n) is 13.4. The number of rotatable bonds is 6. The van der Waals surface area contributed by atoms with Gasteiger partial charge in [0.05, 0.1) is 11.1 Å². The molecule has 41 heavy (non-hydrogen) atoms. The summed E-state index contributed by atoms with van der Waals surface area (Å²) in [4.78, 5) is 21.0. The maximum Gasteiger partial charge on any atom is 0.266 e. The lowest BCUT2D eigenvalue weighted by molar-refractivity contribution is 0.0993. The highest BCUT2D eigenvalue weighted by atomic mass is 79.9. The van der Waals surface area contributed by atoms with Gasteiger partial charge in [-0.1, -0.05) is 88.7 Å². The molecule has 0 fully saturated rings. The highest BCUT2D eigenvalue weighted by Crippen LogP contribution is 2.38. The van der Waals surface area contributed by atoms with Crippen LogP contribution in [-0.2, 0) is 11.2 Å². The van der Waals surface area contributed by atoms with Gasteiger partial charge in [0, 0.05) is 22.2 Å². The number of aliphatic imine (C=N–C) groups is 1. The van der Waals surface area contributed by atoms with Gasteiger partial charge in [0.2, 0.25) is 5.90 Å². The molecule has 0 aliphatic carbocycles. The van der Waals surface area contributed by atoms with Gasteiger partial charge in [0.25, 0.3) is 5.91 Å². The summed E-state index contributed by atoms with van der Waals surface area (Å²) in [6, 6.07) is 34.1. The van der Waals surface area contributed by atoms with Gasteiger partial charge in [-0.2, -0.15) is 0 Å². The maximum absolute atomic E-state index is 14.4. The Morgan fingerprint density at radius 2 is 1.49 bits per heavy atom. The number of aromatic hydroxyl groups is 1. The number of ether oxygens (including phenoxy) is 1. The monoisotopic (exact) mass is 606 g/mol. The number of carbonyl (C=O) groups is 1. The summed E-state index contributed by atoms with van der Waals surface area (Å²) in [7, 11) is 0. The summed E-state index contributed by atoms with van der Waals surface area (Å²) >= 11 is 3.51. The van der Waals surface area contributed by atoms with Crippen molar-refractivity contribution in [1.29, 1.82) is 0 Å². The normalized spacial score (nSPS) is 15.3. The maximum atomic E-state index is 14.4. The van der Waals surface area contributed by atoms with Gasteiger partial charge in [-0.25, -0.2) is 4.99 Å². The van der Waals surface area contributed by atoms with Gasteiger partial charge >= 0.3 is 0 Å². The van der Waals surface area contributed by atoms with Gasteiger partial charge in [0.1, 0.15) is 17.2 Å². The Morgan fingerprint density at radius 1 is 0.878 bits per heavy atom. The molecule has 1 aliphatic rings. The van der Waals surface area contributed by atoms with E-state index < -0.39 is 11.4 Å². The number of nitrogens with zero attached hydrogens (tertiary/aromatic N) is 2. The third-order valence-electron chi connectivity index (χ3n) is 6.40. The highest BCUT2D eigenvalue weighted by molar-refractivity contribution is 9.10. The van der Waals surface area contributed by atoms with E-state index in [1.165, 1.54) is 6.07 Å². The first kappa shape index (κ1) is 28.1. The van der Waals surface area contributed by atoms with Crippen molar-refractivity contribution < 1.29 is 14.6 Å². The molecule has 4 aromatic rings. The summed E-state index contributed by atoms with van der Waals surface area (Å²) in [6.07, 6.45) is 2.48. The second-order valence-electron chi connectivity index (χ2n) is 10.7. The van der Waals surface area contributed by atoms with Crippen LogP contribution in [0.1, 0.15) is 42.3 Å². The fourth-order valence-corrected chi connectivity index (χ4v) is 4.84. The second-order valence-corrected chi connectivity index (χ2v) is 11.6. The molecule has 0 unspecified atom stereocenters. The van der Waals surface area contributed by atoms with E-state index >= 15 is 0 Å². The number of phenols is 1. The van der Waals surface area contributed by atoms with E-state index in [2.05, 4.69) is 28.1 Å². The zero-order valence-corrected chi connectivity index (χ0v) is 24.8. The SMILES string of the molecule is CC(C)(C)N=C1O/C(=C\c2ccccc2)C(Cc2ccccc2)=C1N(C(=O)c1ccccc1O)c1ccc(Br)cc1. The first-order valence-corrected chi connectivity index (χ1v) is 14.2. The Morgan fingerprint density at radius 3 is 2.12 bits per heavy atom. The van der Waals surface area contributed by atoms with E-state index in [0.29, 0.717) is 29.5 Å². The van der Waals surface area contributed by atoms with Crippen LogP contribution in [0, 0.1) is 0 Å². The fourth-order valence-electron chi connectivity index (χ4n) is 4.57. The zero-order valence-electron chi connectivity index (χ0n) is 23.2. The minimum atomic E-state index is -0.496. The van der Waals surface area contributed by atoms with Crippen LogP contribution in [0.15, 0.2) is 136 Å². The Labute approximate surface area is 249 Å². The van der Waals surface area contributed by atoms with Crippen molar-refractivity contribution in [2.45, 2.75) is 32.7 Å². The predicted molar refractivity (Wildman–Crippen MR) is 169 cm³/mol. The van der Waals surface area contributed by atoms with Crippen LogP contribution >= 0.6 is 15.9 Å².